The molecule has 0 spiro atoms. The average molecular weight is 388 g/mol. The molecule has 2 nitrogen and oxygen atoms in total. The lowest BCUT2D eigenvalue weighted by Crippen LogP contribution is -1.98. The van der Waals surface area contributed by atoms with Crippen molar-refractivity contribution in [2.75, 3.05) is 13.7 Å². The summed E-state index contributed by atoms with van der Waals surface area (Å²) < 4.78 is 5.19. The number of nitrogens with zero attached hydrogens (tertiary/aromatic N) is 1. The molecule has 1 aliphatic carbocycles. The Morgan fingerprint density at radius 2 is 1.90 bits per heavy atom. The third kappa shape index (κ3) is 5.55. The number of hydrogen-bond acceptors (Lipinski definition) is 2. The van der Waals surface area contributed by atoms with Crippen molar-refractivity contribution in [3.63, 3.8) is 0 Å². The molecule has 1 heterocycles. The summed E-state index contributed by atoms with van der Waals surface area (Å²) in [7, 11) is 1.77. The number of hydrogen-bond donors (Lipinski definition) is 0. The number of rotatable bonds is 8. The molecule has 0 unspecified atom stereocenters. The molecule has 0 fully saturated rings. The van der Waals surface area contributed by atoms with E-state index in [1.54, 1.807) is 7.11 Å². The maximum atomic E-state index is 5.19. The Balaban J connectivity index is 2.00. The van der Waals surface area contributed by atoms with Crippen LogP contribution in [-0.4, -0.2) is 18.7 Å². The highest BCUT2D eigenvalue weighted by Crippen LogP contribution is 2.32. The first-order valence-electron chi connectivity index (χ1n) is 10.7. The minimum Gasteiger partial charge on any atom is -0.385 e. The number of methoxy groups -OCH3 is 1. The molecule has 2 heteroatoms. The van der Waals surface area contributed by atoms with Gasteiger partial charge in [-0.3, -0.25) is 4.98 Å². The molecule has 2 aromatic rings. The highest BCUT2D eigenvalue weighted by Gasteiger charge is 2.13. The Morgan fingerprint density at radius 3 is 2.66 bits per heavy atom. The van der Waals surface area contributed by atoms with E-state index in [4.69, 9.17) is 9.72 Å². The van der Waals surface area contributed by atoms with E-state index >= 15 is 0 Å². The van der Waals surface area contributed by atoms with Crippen LogP contribution in [0.1, 0.15) is 55.0 Å². The zero-order valence-corrected chi connectivity index (χ0v) is 18.3. The molecule has 1 aromatic carbocycles. The normalized spacial score (nSPS) is 13.8. The number of pyridine rings is 1. The largest absolute Gasteiger partial charge is 0.385 e. The lowest BCUT2D eigenvalue weighted by atomic mass is 9.93. The fourth-order valence-electron chi connectivity index (χ4n) is 3.68. The first kappa shape index (κ1) is 21.3. The molecule has 0 bridgehead atoms. The fourth-order valence-corrected chi connectivity index (χ4v) is 3.68. The van der Waals surface area contributed by atoms with Gasteiger partial charge in [0, 0.05) is 25.5 Å². The molecule has 1 aromatic heterocycles. The lowest BCUT2D eigenvalue weighted by Gasteiger charge is -2.14. The molecule has 1 aliphatic rings. The summed E-state index contributed by atoms with van der Waals surface area (Å²) in [5, 5.41) is 0. The second-order valence-corrected chi connectivity index (χ2v) is 7.88. The van der Waals surface area contributed by atoms with Gasteiger partial charge in [0.05, 0.1) is 5.69 Å². The molecule has 0 saturated heterocycles. The van der Waals surface area contributed by atoms with E-state index in [0.717, 1.165) is 44.4 Å². The van der Waals surface area contributed by atoms with Crippen LogP contribution >= 0.6 is 0 Å². The number of unbranched alkanes of at least 4 members (excludes halogenated alkanes) is 1. The zero-order valence-electron chi connectivity index (χ0n) is 18.3. The van der Waals surface area contributed by atoms with Crippen molar-refractivity contribution in [1.82, 2.24) is 4.98 Å². The van der Waals surface area contributed by atoms with E-state index in [1.807, 2.05) is 0 Å². The molecule has 0 atom stereocenters. The summed E-state index contributed by atoms with van der Waals surface area (Å²) in [5.74, 6) is 0. The van der Waals surface area contributed by atoms with Crippen molar-refractivity contribution in [2.45, 2.75) is 52.9 Å². The predicted octanol–water partition coefficient (Wildman–Crippen LogP) is 7.01. The molecule has 0 N–H and O–H groups in total. The number of ether oxygens (including phenoxy) is 1. The van der Waals surface area contributed by atoms with E-state index in [-0.39, 0.29) is 0 Å². The first-order valence-corrected chi connectivity index (χ1v) is 10.7. The van der Waals surface area contributed by atoms with Crippen molar-refractivity contribution in [2.24, 2.45) is 0 Å². The number of benzene rings is 1. The summed E-state index contributed by atoms with van der Waals surface area (Å²) >= 11 is 0. The second-order valence-electron chi connectivity index (χ2n) is 7.88. The molecular weight excluding hydrogens is 354 g/mol. The van der Waals surface area contributed by atoms with Crippen LogP contribution in [0.3, 0.4) is 0 Å². The predicted molar refractivity (Wildman–Crippen MR) is 124 cm³/mol. The van der Waals surface area contributed by atoms with Gasteiger partial charge in [0.25, 0.3) is 0 Å². The molecule has 29 heavy (non-hydrogen) atoms. The maximum Gasteiger partial charge on any atom is 0.0743 e. The molecule has 0 aliphatic heterocycles. The Kier molecular flexibility index (Phi) is 7.60. The topological polar surface area (TPSA) is 22.1 Å². The molecule has 0 radical (unpaired) electrons. The van der Waals surface area contributed by atoms with E-state index < -0.39 is 0 Å². The van der Waals surface area contributed by atoms with E-state index in [1.165, 1.54) is 39.0 Å². The Labute approximate surface area is 176 Å². The highest BCUT2D eigenvalue weighted by atomic mass is 16.5. The standard InChI is InChI=1S/C27H33NO/c1-5-22-10-8-11-24(15-13-22)27-26(25-14-12-20(2)21(3)17-25)18-23(19-28-27)9-6-7-16-29-4/h8,10,12-15,17-19H,5-7,9,11,16H2,1-4H3. The van der Waals surface area contributed by atoms with Gasteiger partial charge in [0.15, 0.2) is 0 Å². The second kappa shape index (κ2) is 10.4. The van der Waals surface area contributed by atoms with Crippen molar-refractivity contribution < 1.29 is 4.74 Å². The summed E-state index contributed by atoms with van der Waals surface area (Å²) in [4.78, 5) is 4.96. The lowest BCUT2D eigenvalue weighted by molar-refractivity contribution is 0.193. The van der Waals surface area contributed by atoms with Gasteiger partial charge in [-0.1, -0.05) is 49.4 Å². The van der Waals surface area contributed by atoms with E-state index in [9.17, 15) is 0 Å². The maximum absolute atomic E-state index is 5.19. The average Bonchev–Trinajstić information content (AvgIpc) is 2.99. The SMILES string of the molecule is CCC1=CC=C(c2ncc(CCCCOC)cc2-c2ccc(C)c(C)c2)CC=C1. The van der Waals surface area contributed by atoms with Crippen molar-refractivity contribution in [3.05, 3.63) is 82.7 Å². The molecule has 3 rings (SSSR count). The number of aryl methyl sites for hydroxylation is 3. The quantitative estimate of drug-likeness (QED) is 0.454. The molecular formula is C27H33NO. The van der Waals surface area contributed by atoms with Gasteiger partial charge in [-0.2, -0.15) is 0 Å². The van der Waals surface area contributed by atoms with E-state index in [2.05, 4.69) is 75.5 Å². The Hall–Kier alpha value is -2.45. The fraction of sp³-hybridized carbons (Fsp3) is 0.370. The molecule has 152 valence electrons. The Bertz CT molecular complexity index is 934. The summed E-state index contributed by atoms with van der Waals surface area (Å²) in [5.41, 5.74) is 10.2. The smallest absolute Gasteiger partial charge is 0.0743 e. The molecule has 0 saturated carbocycles. The first-order chi connectivity index (χ1) is 14.1. The number of allylic oxidation sites excluding steroid dienone is 6. The van der Waals surface area contributed by atoms with Crippen LogP contribution in [-0.2, 0) is 11.2 Å². The van der Waals surface area contributed by atoms with Gasteiger partial charge in [0.2, 0.25) is 0 Å². The van der Waals surface area contributed by atoms with Crippen molar-refractivity contribution >= 4 is 5.57 Å². The van der Waals surface area contributed by atoms with Gasteiger partial charge in [-0.15, -0.1) is 0 Å². The molecule has 0 amide bonds. The van der Waals surface area contributed by atoms with Crippen LogP contribution in [0.5, 0.6) is 0 Å². The third-order valence-electron chi connectivity index (χ3n) is 5.71. The minimum atomic E-state index is 0.820. The monoisotopic (exact) mass is 387 g/mol. The highest BCUT2D eigenvalue weighted by molar-refractivity contribution is 5.81. The third-order valence-corrected chi connectivity index (χ3v) is 5.71. The van der Waals surface area contributed by atoms with Gasteiger partial charge < -0.3 is 4.74 Å². The van der Waals surface area contributed by atoms with Crippen LogP contribution in [0.25, 0.3) is 16.7 Å². The Morgan fingerprint density at radius 1 is 1.03 bits per heavy atom. The number of aromatic nitrogens is 1. The van der Waals surface area contributed by atoms with Crippen LogP contribution in [0.4, 0.5) is 0 Å². The van der Waals surface area contributed by atoms with Gasteiger partial charge in [-0.05, 0) is 85.4 Å². The summed E-state index contributed by atoms with van der Waals surface area (Å²) in [6.45, 7) is 7.37. The van der Waals surface area contributed by atoms with Crippen LogP contribution in [0.2, 0.25) is 0 Å². The summed E-state index contributed by atoms with van der Waals surface area (Å²) in [6, 6.07) is 9.10. The van der Waals surface area contributed by atoms with E-state index in [0.29, 0.717) is 0 Å². The minimum absolute atomic E-state index is 0.820. The van der Waals surface area contributed by atoms with Crippen LogP contribution in [0.15, 0.2) is 60.3 Å². The van der Waals surface area contributed by atoms with Gasteiger partial charge in [-0.25, -0.2) is 0 Å². The van der Waals surface area contributed by atoms with Crippen LogP contribution < -0.4 is 0 Å². The summed E-state index contributed by atoms with van der Waals surface area (Å²) in [6.07, 6.45) is 16.3. The van der Waals surface area contributed by atoms with Crippen molar-refractivity contribution in [3.8, 4) is 11.1 Å². The van der Waals surface area contributed by atoms with Gasteiger partial charge in [0.1, 0.15) is 0 Å². The zero-order chi connectivity index (χ0) is 20.6. The van der Waals surface area contributed by atoms with Crippen molar-refractivity contribution in [1.29, 1.82) is 0 Å². The van der Waals surface area contributed by atoms with Crippen LogP contribution in [0, 0.1) is 13.8 Å². The van der Waals surface area contributed by atoms with Gasteiger partial charge >= 0.3 is 0 Å².